The summed E-state index contributed by atoms with van der Waals surface area (Å²) >= 11 is 0. The van der Waals surface area contributed by atoms with Crippen molar-refractivity contribution in [3.8, 4) is 12.3 Å². The molecule has 0 bridgehead atoms. The van der Waals surface area contributed by atoms with Crippen molar-refractivity contribution in [2.75, 3.05) is 6.61 Å². The Kier molecular flexibility index (Phi) is 1.51. The molecule has 2 heteroatoms. The topological polar surface area (TPSA) is 18.5 Å². The lowest BCUT2D eigenvalue weighted by Gasteiger charge is -2.41. The average Bonchev–Trinajstić information content (AvgIpc) is 2.23. The zero-order valence-electron chi connectivity index (χ0n) is 7.59. The molecular formula is C10H14O2. The van der Waals surface area contributed by atoms with Gasteiger partial charge in [-0.25, -0.2) is 0 Å². The predicted molar refractivity (Wildman–Crippen MR) is 45.4 cm³/mol. The maximum Gasteiger partial charge on any atom is 0.163 e. The first-order valence-electron chi connectivity index (χ1n) is 4.36. The molecule has 1 saturated heterocycles. The molecule has 0 aromatic heterocycles. The highest BCUT2D eigenvalue weighted by Crippen LogP contribution is 2.47. The molecule has 2 rings (SSSR count). The van der Waals surface area contributed by atoms with E-state index in [9.17, 15) is 0 Å². The van der Waals surface area contributed by atoms with Crippen LogP contribution >= 0.6 is 0 Å². The molecule has 0 N–H and O–H groups in total. The minimum atomic E-state index is -0.403. The number of hydrogen-bond donors (Lipinski definition) is 0. The molecule has 1 aliphatic carbocycles. The van der Waals surface area contributed by atoms with E-state index < -0.39 is 5.79 Å². The predicted octanol–water partition coefficient (Wildman–Crippen LogP) is 1.55. The number of hydrogen-bond acceptors (Lipinski definition) is 2. The summed E-state index contributed by atoms with van der Waals surface area (Å²) < 4.78 is 11.3. The zero-order valence-corrected chi connectivity index (χ0v) is 7.59. The first-order chi connectivity index (χ1) is 5.55. The van der Waals surface area contributed by atoms with E-state index in [1.807, 2.05) is 13.8 Å². The van der Waals surface area contributed by atoms with Gasteiger partial charge in [0.15, 0.2) is 5.79 Å². The minimum absolute atomic E-state index is 0.0411. The Bertz CT molecular complexity index is 231. The standard InChI is InChI=1S/C10H14O2/c1-4-8-5-10(6-8)7-11-9(2,3)12-10/h1,8H,5-7H2,2-3H3. The minimum Gasteiger partial charge on any atom is -0.347 e. The van der Waals surface area contributed by atoms with Gasteiger partial charge in [-0.15, -0.1) is 12.3 Å². The molecule has 0 radical (unpaired) electrons. The first kappa shape index (κ1) is 8.10. The summed E-state index contributed by atoms with van der Waals surface area (Å²) in [7, 11) is 0. The third kappa shape index (κ3) is 1.14. The number of ether oxygens (including phenoxy) is 2. The van der Waals surface area contributed by atoms with Crippen molar-refractivity contribution in [2.45, 2.75) is 38.1 Å². The van der Waals surface area contributed by atoms with E-state index in [4.69, 9.17) is 15.9 Å². The summed E-state index contributed by atoms with van der Waals surface area (Å²) in [5.41, 5.74) is -0.0411. The van der Waals surface area contributed by atoms with Gasteiger partial charge in [0.25, 0.3) is 0 Å². The lowest BCUT2D eigenvalue weighted by molar-refractivity contribution is -0.183. The van der Waals surface area contributed by atoms with Gasteiger partial charge in [-0.2, -0.15) is 0 Å². The van der Waals surface area contributed by atoms with Crippen molar-refractivity contribution in [3.05, 3.63) is 0 Å². The maximum absolute atomic E-state index is 5.79. The lowest BCUT2D eigenvalue weighted by atomic mass is 9.72. The third-order valence-corrected chi connectivity index (χ3v) is 2.62. The fourth-order valence-electron chi connectivity index (χ4n) is 2.04. The van der Waals surface area contributed by atoms with Crippen LogP contribution in [0.1, 0.15) is 26.7 Å². The van der Waals surface area contributed by atoms with Crippen molar-refractivity contribution in [1.29, 1.82) is 0 Å². The van der Waals surface area contributed by atoms with Crippen molar-refractivity contribution in [3.63, 3.8) is 0 Å². The van der Waals surface area contributed by atoms with E-state index in [2.05, 4.69) is 5.92 Å². The highest BCUT2D eigenvalue weighted by atomic mass is 16.8. The van der Waals surface area contributed by atoms with Gasteiger partial charge >= 0.3 is 0 Å². The summed E-state index contributed by atoms with van der Waals surface area (Å²) in [4.78, 5) is 0. The number of terminal acetylenes is 1. The zero-order chi connectivity index (χ0) is 8.82. The summed E-state index contributed by atoms with van der Waals surface area (Å²) in [6.45, 7) is 4.61. The Hall–Kier alpha value is -0.520. The van der Waals surface area contributed by atoms with Crippen LogP contribution in [0.4, 0.5) is 0 Å². The lowest BCUT2D eigenvalue weighted by Crippen LogP contribution is -2.46. The molecule has 2 nitrogen and oxygen atoms in total. The van der Waals surface area contributed by atoms with Crippen molar-refractivity contribution in [2.24, 2.45) is 5.92 Å². The van der Waals surface area contributed by atoms with Crippen LogP contribution in [0, 0.1) is 18.3 Å². The average molecular weight is 166 g/mol. The monoisotopic (exact) mass is 166 g/mol. The van der Waals surface area contributed by atoms with E-state index >= 15 is 0 Å². The molecule has 2 aliphatic rings. The molecule has 12 heavy (non-hydrogen) atoms. The fraction of sp³-hybridized carbons (Fsp3) is 0.800. The van der Waals surface area contributed by atoms with Gasteiger partial charge in [0, 0.05) is 5.92 Å². The van der Waals surface area contributed by atoms with Crippen LogP contribution in [0.5, 0.6) is 0 Å². The van der Waals surface area contributed by atoms with Gasteiger partial charge < -0.3 is 9.47 Å². The molecule has 1 aliphatic heterocycles. The molecule has 1 saturated carbocycles. The van der Waals surface area contributed by atoms with Gasteiger partial charge in [0.1, 0.15) is 0 Å². The van der Waals surface area contributed by atoms with E-state index in [1.54, 1.807) is 0 Å². The molecule has 2 fully saturated rings. The van der Waals surface area contributed by atoms with Gasteiger partial charge in [-0.3, -0.25) is 0 Å². The maximum atomic E-state index is 5.79. The van der Waals surface area contributed by atoms with Crippen molar-refractivity contribution >= 4 is 0 Å². The second-order valence-corrected chi connectivity index (χ2v) is 4.25. The molecule has 66 valence electrons. The van der Waals surface area contributed by atoms with Crippen LogP contribution in [0.25, 0.3) is 0 Å². The van der Waals surface area contributed by atoms with Gasteiger partial charge in [-0.1, -0.05) is 0 Å². The molecule has 0 aromatic rings. The van der Waals surface area contributed by atoms with Gasteiger partial charge in [-0.05, 0) is 26.7 Å². The smallest absolute Gasteiger partial charge is 0.163 e. The van der Waals surface area contributed by atoms with Gasteiger partial charge in [0.05, 0.1) is 12.2 Å². The largest absolute Gasteiger partial charge is 0.347 e. The summed E-state index contributed by atoms with van der Waals surface area (Å²) in [5.74, 6) is 2.75. The highest BCUT2D eigenvalue weighted by Gasteiger charge is 2.53. The highest BCUT2D eigenvalue weighted by molar-refractivity contribution is 5.10. The Morgan fingerprint density at radius 2 is 2.08 bits per heavy atom. The molecule has 0 unspecified atom stereocenters. The summed E-state index contributed by atoms with van der Waals surface area (Å²) in [5, 5.41) is 0. The van der Waals surface area contributed by atoms with Gasteiger partial charge in [0.2, 0.25) is 0 Å². The molecular weight excluding hydrogens is 152 g/mol. The Labute approximate surface area is 73.2 Å². The summed E-state index contributed by atoms with van der Waals surface area (Å²) in [6.07, 6.45) is 7.24. The van der Waals surface area contributed by atoms with Crippen LogP contribution in [0.3, 0.4) is 0 Å². The van der Waals surface area contributed by atoms with E-state index in [1.165, 1.54) is 0 Å². The van der Waals surface area contributed by atoms with Crippen LogP contribution < -0.4 is 0 Å². The SMILES string of the molecule is C#CC1CC2(COC(C)(C)O2)C1. The molecule has 1 spiro atoms. The van der Waals surface area contributed by atoms with Crippen molar-refractivity contribution in [1.82, 2.24) is 0 Å². The second kappa shape index (κ2) is 2.25. The van der Waals surface area contributed by atoms with Crippen LogP contribution in [-0.4, -0.2) is 18.0 Å². The normalized spacial score (nSPS) is 43.9. The van der Waals surface area contributed by atoms with Crippen LogP contribution in [0.2, 0.25) is 0 Å². The van der Waals surface area contributed by atoms with E-state index in [-0.39, 0.29) is 5.60 Å². The first-order valence-corrected chi connectivity index (χ1v) is 4.36. The molecule has 0 atom stereocenters. The fourth-order valence-corrected chi connectivity index (χ4v) is 2.04. The summed E-state index contributed by atoms with van der Waals surface area (Å²) in [6, 6.07) is 0. The van der Waals surface area contributed by atoms with Crippen LogP contribution in [-0.2, 0) is 9.47 Å². The van der Waals surface area contributed by atoms with E-state index in [0.29, 0.717) is 12.5 Å². The Balaban J connectivity index is 1.98. The molecule has 0 aromatic carbocycles. The molecule has 1 heterocycles. The Morgan fingerprint density at radius 3 is 2.50 bits per heavy atom. The van der Waals surface area contributed by atoms with E-state index in [0.717, 1.165) is 12.8 Å². The quantitative estimate of drug-likeness (QED) is 0.508. The molecule has 0 amide bonds. The van der Waals surface area contributed by atoms with Crippen LogP contribution in [0.15, 0.2) is 0 Å². The second-order valence-electron chi connectivity index (χ2n) is 4.25. The van der Waals surface area contributed by atoms with Crippen molar-refractivity contribution < 1.29 is 9.47 Å². The Morgan fingerprint density at radius 1 is 1.42 bits per heavy atom. The number of rotatable bonds is 0. The third-order valence-electron chi connectivity index (χ3n) is 2.62.